The Morgan fingerprint density at radius 3 is 2.39 bits per heavy atom. The Labute approximate surface area is 145 Å². The number of para-hydroxylation sites is 1. The molecule has 3 nitrogen and oxygen atoms in total. The fourth-order valence-corrected chi connectivity index (χ4v) is 3.04. The largest absolute Gasteiger partial charge is 0.368 e. The maximum absolute atomic E-state index is 13.8. The number of halogens is 2. The summed E-state index contributed by atoms with van der Waals surface area (Å²) in [7, 11) is 0. The van der Waals surface area contributed by atoms with Crippen LogP contribution >= 0.6 is 23.8 Å². The van der Waals surface area contributed by atoms with Crippen LogP contribution in [-0.4, -0.2) is 36.2 Å². The van der Waals surface area contributed by atoms with E-state index >= 15 is 0 Å². The molecular formula is C17H17ClFN3S. The van der Waals surface area contributed by atoms with Crippen LogP contribution in [0.2, 0.25) is 5.02 Å². The maximum Gasteiger partial charge on any atom is 0.173 e. The molecule has 1 saturated heterocycles. The molecule has 3 rings (SSSR count). The monoisotopic (exact) mass is 349 g/mol. The predicted molar refractivity (Wildman–Crippen MR) is 97.9 cm³/mol. The normalized spacial score (nSPS) is 14.7. The van der Waals surface area contributed by atoms with Gasteiger partial charge in [-0.3, -0.25) is 0 Å². The number of hydrogen-bond acceptors (Lipinski definition) is 2. The van der Waals surface area contributed by atoms with Crippen LogP contribution in [0.5, 0.6) is 0 Å². The molecule has 0 spiro atoms. The highest BCUT2D eigenvalue weighted by atomic mass is 35.5. The van der Waals surface area contributed by atoms with Crippen LogP contribution < -0.4 is 10.2 Å². The Kier molecular flexibility index (Phi) is 4.98. The average Bonchev–Trinajstić information content (AvgIpc) is 2.58. The standard InChI is InChI=1S/C17H17ClFN3S/c18-13-6-7-16(15(19)12-13)20-17(23)22-10-8-21(9-11-22)14-4-2-1-3-5-14/h1-7,12H,8-11H2,(H,20,23). The van der Waals surface area contributed by atoms with Gasteiger partial charge in [-0.25, -0.2) is 4.39 Å². The first-order valence-corrected chi connectivity index (χ1v) is 8.23. The molecule has 0 amide bonds. The van der Waals surface area contributed by atoms with Gasteiger partial charge in [-0.05, 0) is 42.5 Å². The van der Waals surface area contributed by atoms with E-state index in [1.165, 1.54) is 11.8 Å². The van der Waals surface area contributed by atoms with Gasteiger partial charge in [0.15, 0.2) is 5.11 Å². The number of anilines is 2. The number of nitrogens with zero attached hydrogens (tertiary/aromatic N) is 2. The third-order valence-corrected chi connectivity index (χ3v) is 4.46. The molecular weight excluding hydrogens is 333 g/mol. The molecule has 0 bridgehead atoms. The van der Waals surface area contributed by atoms with Crippen LogP contribution in [0.15, 0.2) is 48.5 Å². The van der Waals surface area contributed by atoms with Crippen LogP contribution in [0.3, 0.4) is 0 Å². The molecule has 0 atom stereocenters. The van der Waals surface area contributed by atoms with Gasteiger partial charge >= 0.3 is 0 Å². The Balaban J connectivity index is 1.58. The van der Waals surface area contributed by atoms with Gasteiger partial charge in [0.1, 0.15) is 5.82 Å². The fourth-order valence-electron chi connectivity index (χ4n) is 2.59. The second-order valence-corrected chi connectivity index (χ2v) is 6.19. The first kappa shape index (κ1) is 16.0. The summed E-state index contributed by atoms with van der Waals surface area (Å²) in [6.45, 7) is 3.37. The van der Waals surface area contributed by atoms with Gasteiger partial charge in [-0.1, -0.05) is 29.8 Å². The second-order valence-electron chi connectivity index (χ2n) is 5.36. The molecule has 0 saturated carbocycles. The van der Waals surface area contributed by atoms with E-state index in [1.807, 2.05) is 18.2 Å². The van der Waals surface area contributed by atoms with E-state index in [0.717, 1.165) is 26.2 Å². The molecule has 1 aliphatic rings. The molecule has 2 aromatic rings. The zero-order valence-electron chi connectivity index (χ0n) is 12.5. The summed E-state index contributed by atoms with van der Waals surface area (Å²) in [5, 5.41) is 3.88. The van der Waals surface area contributed by atoms with Crippen molar-refractivity contribution in [3.8, 4) is 0 Å². The van der Waals surface area contributed by atoms with E-state index in [4.69, 9.17) is 23.8 Å². The lowest BCUT2D eigenvalue weighted by Gasteiger charge is -2.37. The third-order valence-electron chi connectivity index (χ3n) is 3.86. The zero-order valence-corrected chi connectivity index (χ0v) is 14.1. The highest BCUT2D eigenvalue weighted by molar-refractivity contribution is 7.80. The predicted octanol–water partition coefficient (Wildman–Crippen LogP) is 4.00. The molecule has 0 aliphatic carbocycles. The Morgan fingerprint density at radius 1 is 1.04 bits per heavy atom. The number of thiocarbonyl (C=S) groups is 1. The van der Waals surface area contributed by atoms with Gasteiger partial charge in [0, 0.05) is 36.9 Å². The summed E-state index contributed by atoms with van der Waals surface area (Å²) in [5.41, 5.74) is 1.57. The van der Waals surface area contributed by atoms with Crippen molar-refractivity contribution in [3.05, 3.63) is 59.4 Å². The Bertz CT molecular complexity index is 687. The number of nitrogens with one attached hydrogen (secondary N) is 1. The molecule has 0 unspecified atom stereocenters. The van der Waals surface area contributed by atoms with E-state index in [1.54, 1.807) is 12.1 Å². The molecule has 23 heavy (non-hydrogen) atoms. The van der Waals surface area contributed by atoms with Crippen molar-refractivity contribution in [2.75, 3.05) is 36.4 Å². The second kappa shape index (κ2) is 7.15. The van der Waals surface area contributed by atoms with E-state index in [2.05, 4.69) is 27.2 Å². The van der Waals surface area contributed by atoms with Crippen molar-refractivity contribution in [2.45, 2.75) is 0 Å². The maximum atomic E-state index is 13.8. The van der Waals surface area contributed by atoms with Gasteiger partial charge in [-0.2, -0.15) is 0 Å². The van der Waals surface area contributed by atoms with E-state index in [-0.39, 0.29) is 0 Å². The Morgan fingerprint density at radius 2 is 1.74 bits per heavy atom. The lowest BCUT2D eigenvalue weighted by molar-refractivity contribution is 0.391. The van der Waals surface area contributed by atoms with Crippen molar-refractivity contribution >= 4 is 40.3 Å². The summed E-state index contributed by atoms with van der Waals surface area (Å²) in [4.78, 5) is 4.38. The third kappa shape index (κ3) is 3.92. The minimum atomic E-state index is -0.400. The van der Waals surface area contributed by atoms with Crippen LogP contribution in [0.4, 0.5) is 15.8 Å². The molecule has 0 radical (unpaired) electrons. The van der Waals surface area contributed by atoms with Crippen molar-refractivity contribution in [3.63, 3.8) is 0 Å². The minimum absolute atomic E-state index is 0.352. The molecule has 2 aromatic carbocycles. The number of rotatable bonds is 2. The molecule has 1 aliphatic heterocycles. The molecule has 6 heteroatoms. The van der Waals surface area contributed by atoms with Crippen LogP contribution in [0, 0.1) is 5.82 Å². The van der Waals surface area contributed by atoms with Gasteiger partial charge in [0.25, 0.3) is 0 Å². The summed E-state index contributed by atoms with van der Waals surface area (Å²) < 4.78 is 13.8. The first-order chi connectivity index (χ1) is 11.1. The zero-order chi connectivity index (χ0) is 16.2. The van der Waals surface area contributed by atoms with Crippen molar-refractivity contribution in [1.29, 1.82) is 0 Å². The van der Waals surface area contributed by atoms with E-state index < -0.39 is 5.82 Å². The highest BCUT2D eigenvalue weighted by Gasteiger charge is 2.19. The Hall–Kier alpha value is -1.85. The molecule has 1 fully saturated rings. The SMILES string of the molecule is Fc1cc(Cl)ccc1NC(=S)N1CCN(c2ccccc2)CC1. The highest BCUT2D eigenvalue weighted by Crippen LogP contribution is 2.20. The van der Waals surface area contributed by atoms with Crippen LogP contribution in [-0.2, 0) is 0 Å². The van der Waals surface area contributed by atoms with Crippen molar-refractivity contribution < 1.29 is 4.39 Å². The lowest BCUT2D eigenvalue weighted by atomic mass is 10.2. The summed E-state index contributed by atoms with van der Waals surface area (Å²) >= 11 is 11.2. The average molecular weight is 350 g/mol. The molecule has 0 aromatic heterocycles. The number of benzene rings is 2. The smallest absolute Gasteiger partial charge is 0.173 e. The number of piperazine rings is 1. The quantitative estimate of drug-likeness (QED) is 0.826. The lowest BCUT2D eigenvalue weighted by Crippen LogP contribution is -2.50. The topological polar surface area (TPSA) is 18.5 Å². The summed E-state index contributed by atoms with van der Waals surface area (Å²) in [6, 6.07) is 14.8. The van der Waals surface area contributed by atoms with Crippen molar-refractivity contribution in [2.24, 2.45) is 0 Å². The van der Waals surface area contributed by atoms with Gasteiger partial charge in [0.2, 0.25) is 0 Å². The summed E-state index contributed by atoms with van der Waals surface area (Å²) in [6.07, 6.45) is 0. The number of hydrogen-bond donors (Lipinski definition) is 1. The summed E-state index contributed by atoms with van der Waals surface area (Å²) in [5.74, 6) is -0.400. The van der Waals surface area contributed by atoms with Gasteiger partial charge in [0.05, 0.1) is 5.69 Å². The van der Waals surface area contributed by atoms with Crippen molar-refractivity contribution in [1.82, 2.24) is 4.90 Å². The molecule has 1 N–H and O–H groups in total. The molecule has 120 valence electrons. The first-order valence-electron chi connectivity index (χ1n) is 7.44. The fraction of sp³-hybridized carbons (Fsp3) is 0.235. The van der Waals surface area contributed by atoms with E-state index in [9.17, 15) is 4.39 Å². The van der Waals surface area contributed by atoms with E-state index in [0.29, 0.717) is 15.8 Å². The minimum Gasteiger partial charge on any atom is -0.368 e. The van der Waals surface area contributed by atoms with Crippen LogP contribution in [0.1, 0.15) is 0 Å². The molecule has 1 heterocycles. The van der Waals surface area contributed by atoms with Crippen LogP contribution in [0.25, 0.3) is 0 Å². The van der Waals surface area contributed by atoms with Gasteiger partial charge in [-0.15, -0.1) is 0 Å². The van der Waals surface area contributed by atoms with Gasteiger partial charge < -0.3 is 15.1 Å².